The highest BCUT2D eigenvalue weighted by atomic mass is 16.8. The number of carbonyl (C=O) groups excluding carboxylic acids is 2. The van der Waals surface area contributed by atoms with Crippen LogP contribution >= 0.6 is 0 Å². The van der Waals surface area contributed by atoms with Gasteiger partial charge in [0.25, 0.3) is 0 Å². The van der Waals surface area contributed by atoms with Gasteiger partial charge in [-0.25, -0.2) is 9.59 Å². The summed E-state index contributed by atoms with van der Waals surface area (Å²) in [6, 6.07) is 45.2. The van der Waals surface area contributed by atoms with E-state index in [0.717, 1.165) is 22.3 Å². The van der Waals surface area contributed by atoms with E-state index in [9.17, 15) is 9.59 Å². The highest BCUT2D eigenvalue weighted by Gasteiger charge is 2.61. The Morgan fingerprint density at radius 3 is 1.46 bits per heavy atom. The Hall–Kier alpha value is -5.64. The van der Waals surface area contributed by atoms with Crippen LogP contribution in [-0.4, -0.2) is 87.6 Å². The van der Waals surface area contributed by atoms with Crippen molar-refractivity contribution in [3.63, 3.8) is 0 Å². The molecule has 0 saturated carbocycles. The molecule has 318 valence electrons. The molecule has 0 amide bonds. The van der Waals surface area contributed by atoms with E-state index in [-0.39, 0.29) is 26.4 Å². The normalized spacial score (nSPS) is 26.9. The zero-order valence-corrected chi connectivity index (χ0v) is 33.8. The first-order chi connectivity index (χ1) is 30.0. The number of hydrogen-bond donors (Lipinski definition) is 0. The quantitative estimate of drug-likeness (QED) is 0.0909. The molecule has 10 atom stereocenters. The molecule has 3 aliphatic rings. The summed E-state index contributed by atoms with van der Waals surface area (Å²) in [5, 5.41) is 0. The van der Waals surface area contributed by atoms with Gasteiger partial charge >= 0.3 is 11.9 Å². The van der Waals surface area contributed by atoms with Crippen molar-refractivity contribution in [1.82, 2.24) is 0 Å². The fourth-order valence-corrected chi connectivity index (χ4v) is 7.54. The molecule has 0 N–H and O–H groups in total. The van der Waals surface area contributed by atoms with E-state index in [4.69, 9.17) is 52.1 Å². The zero-order chi connectivity index (χ0) is 42.0. The number of rotatable bonds is 18. The summed E-state index contributed by atoms with van der Waals surface area (Å²) in [6.45, 7) is 0.548. The molecule has 0 aliphatic carbocycles. The molecule has 8 rings (SSSR count). The Labute approximate surface area is 354 Å². The molecule has 0 aromatic heterocycles. The molecular formula is C48H48O13. The number of methoxy groups -OCH3 is 2. The summed E-state index contributed by atoms with van der Waals surface area (Å²) in [5.41, 5.74) is 3.49. The van der Waals surface area contributed by atoms with Crippen LogP contribution in [0.3, 0.4) is 0 Å². The molecule has 13 heteroatoms. The Morgan fingerprint density at radius 1 is 0.508 bits per heavy atom. The second-order valence-electron chi connectivity index (χ2n) is 14.7. The van der Waals surface area contributed by atoms with Crippen LogP contribution in [0.5, 0.6) is 11.5 Å². The zero-order valence-electron chi connectivity index (χ0n) is 33.8. The van der Waals surface area contributed by atoms with Gasteiger partial charge in [-0.1, -0.05) is 121 Å². The molecule has 13 nitrogen and oxygen atoms in total. The van der Waals surface area contributed by atoms with E-state index in [2.05, 4.69) is 0 Å². The average molecular weight is 833 g/mol. The van der Waals surface area contributed by atoms with Crippen molar-refractivity contribution in [3.05, 3.63) is 168 Å². The lowest BCUT2D eigenvalue weighted by molar-refractivity contribution is -0.347. The lowest BCUT2D eigenvalue weighted by atomic mass is 9.96. The van der Waals surface area contributed by atoms with Crippen LogP contribution in [0.2, 0.25) is 0 Å². The standard InChI is InChI=1S/C48H48O13/c1-51-35-23-25-36(26-24-35)57-47-43(55-29-33-19-11-5-12-20-33)38(54-28-32-17-9-4-10-18-32)39(42(61-47)45(49)52-2)59-48-44(56-30-34-21-13-6-14-22-34)40-37(41(60-48)46(50)58-40)53-27-31-15-7-3-8-16-31/h3-26,37-44,47-48H,27-30H2,1-2H3/t37-,38+,39-,40+,41+,42+,43-,44-,47-,48+/m1/s1. The highest BCUT2D eigenvalue weighted by molar-refractivity contribution is 5.79. The molecule has 2 bridgehead atoms. The number of hydrogen-bond acceptors (Lipinski definition) is 13. The van der Waals surface area contributed by atoms with Crippen LogP contribution in [0.25, 0.3) is 0 Å². The predicted octanol–water partition coefficient (Wildman–Crippen LogP) is 6.35. The van der Waals surface area contributed by atoms with E-state index in [1.165, 1.54) is 7.11 Å². The third-order valence-corrected chi connectivity index (χ3v) is 10.7. The van der Waals surface area contributed by atoms with Crippen molar-refractivity contribution >= 4 is 11.9 Å². The largest absolute Gasteiger partial charge is 0.497 e. The van der Waals surface area contributed by atoms with Gasteiger partial charge in [-0.3, -0.25) is 0 Å². The minimum atomic E-state index is -1.44. The van der Waals surface area contributed by atoms with E-state index in [1.54, 1.807) is 31.4 Å². The van der Waals surface area contributed by atoms with Crippen LogP contribution in [0.15, 0.2) is 146 Å². The predicted molar refractivity (Wildman–Crippen MR) is 218 cm³/mol. The van der Waals surface area contributed by atoms with E-state index < -0.39 is 73.4 Å². The van der Waals surface area contributed by atoms with Crippen LogP contribution in [-0.2, 0) is 78.6 Å². The fraction of sp³-hybridized carbons (Fsp3) is 0.333. The fourth-order valence-electron chi connectivity index (χ4n) is 7.54. The van der Waals surface area contributed by atoms with E-state index in [0.29, 0.717) is 11.5 Å². The van der Waals surface area contributed by atoms with Gasteiger partial charge in [0.2, 0.25) is 6.29 Å². The molecule has 0 spiro atoms. The molecule has 0 radical (unpaired) electrons. The van der Waals surface area contributed by atoms with E-state index >= 15 is 0 Å². The molecule has 3 saturated heterocycles. The Bertz CT molecular complexity index is 2120. The SMILES string of the molecule is COC(=O)[C@H]1O[C@@H](Oc2ccc(OC)cc2)[C@H](OCc2ccccc2)[C@@H](OCc2ccccc2)[C@H]1O[C@H]1O[C@@H]2C(=O)O[C@@H]([C@H]2OCc2ccccc2)[C@H]1OCc1ccccc1. The second kappa shape index (κ2) is 20.3. The van der Waals surface area contributed by atoms with Crippen molar-refractivity contribution in [1.29, 1.82) is 0 Å². The first-order valence-corrected chi connectivity index (χ1v) is 20.1. The summed E-state index contributed by atoms with van der Waals surface area (Å²) in [4.78, 5) is 27.4. The van der Waals surface area contributed by atoms with Gasteiger partial charge in [0, 0.05) is 0 Å². The molecule has 5 aromatic carbocycles. The lowest BCUT2D eigenvalue weighted by Gasteiger charge is -2.47. The van der Waals surface area contributed by atoms with Crippen LogP contribution < -0.4 is 9.47 Å². The monoisotopic (exact) mass is 832 g/mol. The molecule has 0 unspecified atom stereocenters. The summed E-state index contributed by atoms with van der Waals surface area (Å²) in [5.74, 6) is -0.344. The van der Waals surface area contributed by atoms with Crippen LogP contribution in [0.4, 0.5) is 0 Å². The third kappa shape index (κ3) is 10.3. The van der Waals surface area contributed by atoms with Crippen molar-refractivity contribution in [2.75, 3.05) is 14.2 Å². The number of benzene rings is 5. The maximum Gasteiger partial charge on any atom is 0.338 e. The highest BCUT2D eigenvalue weighted by Crippen LogP contribution is 2.39. The van der Waals surface area contributed by atoms with E-state index in [1.807, 2.05) is 121 Å². The third-order valence-electron chi connectivity index (χ3n) is 10.7. The smallest absolute Gasteiger partial charge is 0.338 e. The molecule has 3 fully saturated rings. The number of fused-ring (bicyclic) bond motifs is 2. The number of ether oxygens (including phenoxy) is 11. The second-order valence-corrected chi connectivity index (χ2v) is 14.7. The van der Waals surface area contributed by atoms with Gasteiger partial charge in [0.1, 0.15) is 42.0 Å². The molecule has 3 aliphatic heterocycles. The first-order valence-electron chi connectivity index (χ1n) is 20.1. The van der Waals surface area contributed by atoms with Crippen LogP contribution in [0.1, 0.15) is 22.3 Å². The lowest BCUT2D eigenvalue weighted by Crippen LogP contribution is -2.66. The van der Waals surface area contributed by atoms with Gasteiger partial charge in [0.05, 0.1) is 40.6 Å². The number of esters is 2. The summed E-state index contributed by atoms with van der Waals surface area (Å²) >= 11 is 0. The molecule has 3 heterocycles. The molecule has 61 heavy (non-hydrogen) atoms. The van der Waals surface area contributed by atoms with Crippen molar-refractivity contribution in [2.45, 2.75) is 87.8 Å². The van der Waals surface area contributed by atoms with Crippen molar-refractivity contribution in [3.8, 4) is 11.5 Å². The summed E-state index contributed by atoms with van der Waals surface area (Å²) in [7, 11) is 2.83. The van der Waals surface area contributed by atoms with Gasteiger partial charge in [0.15, 0.2) is 24.6 Å². The summed E-state index contributed by atoms with van der Waals surface area (Å²) in [6.07, 6.45) is -11.3. The maximum absolute atomic E-state index is 13.9. The number of carbonyl (C=O) groups is 2. The minimum absolute atomic E-state index is 0.0986. The van der Waals surface area contributed by atoms with Crippen LogP contribution in [0, 0.1) is 0 Å². The maximum atomic E-state index is 13.9. The van der Waals surface area contributed by atoms with Crippen molar-refractivity contribution < 1.29 is 61.7 Å². The van der Waals surface area contributed by atoms with Crippen molar-refractivity contribution in [2.24, 2.45) is 0 Å². The van der Waals surface area contributed by atoms with Gasteiger partial charge in [-0.05, 0) is 46.5 Å². The van der Waals surface area contributed by atoms with Gasteiger partial charge in [-0.2, -0.15) is 0 Å². The molecule has 5 aromatic rings. The average Bonchev–Trinajstić information content (AvgIpc) is 3.54. The first kappa shape index (κ1) is 42.1. The Kier molecular flexibility index (Phi) is 14.0. The topological polar surface area (TPSA) is 136 Å². The Morgan fingerprint density at radius 2 is 0.967 bits per heavy atom. The van der Waals surface area contributed by atoms with Gasteiger partial charge in [-0.15, -0.1) is 0 Å². The molecular weight excluding hydrogens is 785 g/mol. The Balaban J connectivity index is 1.15. The van der Waals surface area contributed by atoms with Gasteiger partial charge < -0.3 is 52.1 Å². The summed E-state index contributed by atoms with van der Waals surface area (Å²) < 4.78 is 69.3. The minimum Gasteiger partial charge on any atom is -0.497 e.